The molecule has 0 spiro atoms. The first-order valence-electron chi connectivity index (χ1n) is 5.56. The van der Waals surface area contributed by atoms with Gasteiger partial charge in [-0.25, -0.2) is 4.79 Å². The van der Waals surface area contributed by atoms with Crippen LogP contribution in [-0.2, 0) is 14.3 Å². The molecular formula is C11H20N2O5. The maximum Gasteiger partial charge on any atom is 0.325 e. The molecule has 0 fully saturated rings. The molecule has 2 amide bonds. The lowest BCUT2D eigenvalue weighted by molar-refractivity contribution is -0.141. The Labute approximate surface area is 106 Å². The second kappa shape index (κ2) is 7.52. The second-order valence-electron chi connectivity index (χ2n) is 4.38. The number of esters is 1. The fourth-order valence-electron chi connectivity index (χ4n) is 1.38. The fraction of sp³-hybridized carbons (Fsp3) is 0.727. The van der Waals surface area contributed by atoms with Crippen molar-refractivity contribution in [1.82, 2.24) is 9.80 Å². The molecule has 0 heterocycles. The highest BCUT2D eigenvalue weighted by atomic mass is 16.5. The van der Waals surface area contributed by atoms with Crippen molar-refractivity contribution in [3.05, 3.63) is 0 Å². The summed E-state index contributed by atoms with van der Waals surface area (Å²) in [6, 6.07) is -0.503. The maximum atomic E-state index is 11.9. The highest BCUT2D eigenvalue weighted by molar-refractivity contribution is 5.83. The first-order chi connectivity index (χ1) is 8.27. The second-order valence-corrected chi connectivity index (χ2v) is 4.38. The lowest BCUT2D eigenvalue weighted by Crippen LogP contribution is -2.46. The van der Waals surface area contributed by atoms with Crippen LogP contribution in [0, 0.1) is 5.92 Å². The van der Waals surface area contributed by atoms with Crippen molar-refractivity contribution in [2.45, 2.75) is 13.8 Å². The number of urea groups is 1. The van der Waals surface area contributed by atoms with E-state index in [-0.39, 0.29) is 19.0 Å². The van der Waals surface area contributed by atoms with Crippen molar-refractivity contribution in [2.24, 2.45) is 5.92 Å². The molecule has 1 N–H and O–H groups in total. The van der Waals surface area contributed by atoms with Gasteiger partial charge < -0.3 is 19.6 Å². The molecule has 0 bridgehead atoms. The van der Waals surface area contributed by atoms with Crippen LogP contribution in [0.15, 0.2) is 0 Å². The number of carbonyl (C=O) groups excluding carboxylic acids is 2. The molecule has 0 rings (SSSR count). The van der Waals surface area contributed by atoms with Crippen molar-refractivity contribution in [3.8, 4) is 0 Å². The predicted molar refractivity (Wildman–Crippen MR) is 64.1 cm³/mol. The summed E-state index contributed by atoms with van der Waals surface area (Å²) in [6.45, 7) is 3.48. The Balaban J connectivity index is 4.62. The van der Waals surface area contributed by atoms with Crippen LogP contribution in [0.3, 0.4) is 0 Å². The van der Waals surface area contributed by atoms with Gasteiger partial charge in [0.2, 0.25) is 0 Å². The van der Waals surface area contributed by atoms with Crippen LogP contribution in [0.1, 0.15) is 13.8 Å². The van der Waals surface area contributed by atoms with Gasteiger partial charge in [-0.2, -0.15) is 0 Å². The van der Waals surface area contributed by atoms with Crippen molar-refractivity contribution in [2.75, 3.05) is 33.8 Å². The smallest absolute Gasteiger partial charge is 0.325 e. The van der Waals surface area contributed by atoms with E-state index in [2.05, 4.69) is 4.74 Å². The first kappa shape index (κ1) is 16.2. The number of likely N-dealkylation sites (N-methyl/N-ethyl adjacent to an activating group) is 1. The predicted octanol–water partition coefficient (Wildman–Crippen LogP) is 0.254. The summed E-state index contributed by atoms with van der Waals surface area (Å²) in [5.74, 6) is -1.50. The van der Waals surface area contributed by atoms with Crippen molar-refractivity contribution in [3.63, 3.8) is 0 Å². The van der Waals surface area contributed by atoms with Crippen LogP contribution in [0.2, 0.25) is 0 Å². The van der Waals surface area contributed by atoms with E-state index < -0.39 is 18.0 Å². The van der Waals surface area contributed by atoms with Crippen LogP contribution >= 0.6 is 0 Å². The first-order valence-corrected chi connectivity index (χ1v) is 5.56. The average molecular weight is 260 g/mol. The summed E-state index contributed by atoms with van der Waals surface area (Å²) in [5.41, 5.74) is 0. The minimum atomic E-state index is -1.09. The number of carboxylic acids is 1. The summed E-state index contributed by atoms with van der Waals surface area (Å²) in [5, 5.41) is 8.75. The molecule has 0 aromatic heterocycles. The summed E-state index contributed by atoms with van der Waals surface area (Å²) in [7, 11) is 2.65. The third-order valence-corrected chi connectivity index (χ3v) is 2.10. The van der Waals surface area contributed by atoms with E-state index in [0.717, 1.165) is 4.90 Å². The van der Waals surface area contributed by atoms with Gasteiger partial charge in [-0.15, -0.1) is 0 Å². The molecule has 0 atom stereocenters. The Kier molecular flexibility index (Phi) is 6.77. The molecular weight excluding hydrogens is 240 g/mol. The standard InChI is InChI=1S/C11H20N2O5/c1-8(2)5-13(6-9(14)15)11(17)12(3)7-10(16)18-4/h8H,5-7H2,1-4H3,(H,14,15). The van der Waals surface area contributed by atoms with Gasteiger partial charge in [0, 0.05) is 13.6 Å². The largest absolute Gasteiger partial charge is 0.480 e. The van der Waals surface area contributed by atoms with Gasteiger partial charge in [-0.05, 0) is 5.92 Å². The molecule has 0 aliphatic rings. The van der Waals surface area contributed by atoms with E-state index in [0.29, 0.717) is 6.54 Å². The monoisotopic (exact) mass is 260 g/mol. The highest BCUT2D eigenvalue weighted by Gasteiger charge is 2.22. The van der Waals surface area contributed by atoms with Crippen LogP contribution in [-0.4, -0.2) is 66.7 Å². The molecule has 0 aromatic carbocycles. The van der Waals surface area contributed by atoms with Crippen molar-refractivity contribution >= 4 is 18.0 Å². The van der Waals surface area contributed by atoms with E-state index in [4.69, 9.17) is 5.11 Å². The molecule has 0 saturated heterocycles. The zero-order chi connectivity index (χ0) is 14.3. The van der Waals surface area contributed by atoms with Gasteiger partial charge >= 0.3 is 18.0 Å². The van der Waals surface area contributed by atoms with Crippen molar-refractivity contribution < 1.29 is 24.2 Å². The highest BCUT2D eigenvalue weighted by Crippen LogP contribution is 2.03. The van der Waals surface area contributed by atoms with Crippen molar-refractivity contribution in [1.29, 1.82) is 0 Å². The van der Waals surface area contributed by atoms with E-state index in [1.54, 1.807) is 0 Å². The summed E-state index contributed by atoms with van der Waals surface area (Å²) >= 11 is 0. The quantitative estimate of drug-likeness (QED) is 0.692. The van der Waals surface area contributed by atoms with Gasteiger partial charge in [-0.1, -0.05) is 13.8 Å². The SMILES string of the molecule is COC(=O)CN(C)C(=O)N(CC(=O)O)CC(C)C. The zero-order valence-electron chi connectivity index (χ0n) is 11.2. The number of amides is 2. The Morgan fingerprint density at radius 1 is 1.22 bits per heavy atom. The number of aliphatic carboxylic acids is 1. The maximum absolute atomic E-state index is 11.9. The molecule has 0 aromatic rings. The normalized spacial score (nSPS) is 10.1. The van der Waals surface area contributed by atoms with Crippen LogP contribution in [0.25, 0.3) is 0 Å². The summed E-state index contributed by atoms with van der Waals surface area (Å²) in [6.07, 6.45) is 0. The minimum absolute atomic E-state index is 0.139. The number of carbonyl (C=O) groups is 3. The lowest BCUT2D eigenvalue weighted by Gasteiger charge is -2.27. The molecule has 104 valence electrons. The number of hydrogen-bond donors (Lipinski definition) is 1. The number of nitrogens with zero attached hydrogens (tertiary/aromatic N) is 2. The third kappa shape index (κ3) is 6.07. The topological polar surface area (TPSA) is 87.2 Å². The van der Waals surface area contributed by atoms with Crippen LogP contribution in [0.4, 0.5) is 4.79 Å². The number of carboxylic acid groups (broad SMARTS) is 1. The lowest BCUT2D eigenvalue weighted by atomic mass is 10.2. The number of hydrogen-bond acceptors (Lipinski definition) is 4. The third-order valence-electron chi connectivity index (χ3n) is 2.10. The molecule has 7 heteroatoms. The Bertz CT molecular complexity index is 317. The fourth-order valence-corrected chi connectivity index (χ4v) is 1.38. The van der Waals surface area contributed by atoms with E-state index in [1.165, 1.54) is 19.1 Å². The molecule has 0 unspecified atom stereocenters. The summed E-state index contributed by atoms with van der Waals surface area (Å²) in [4.78, 5) is 36.0. The number of methoxy groups -OCH3 is 1. The zero-order valence-corrected chi connectivity index (χ0v) is 11.2. The van der Waals surface area contributed by atoms with Gasteiger partial charge in [0.1, 0.15) is 13.1 Å². The Hall–Kier alpha value is -1.79. The van der Waals surface area contributed by atoms with E-state index >= 15 is 0 Å². The number of ether oxygens (including phenoxy) is 1. The van der Waals surface area contributed by atoms with Gasteiger partial charge in [0.05, 0.1) is 7.11 Å². The van der Waals surface area contributed by atoms with Crippen LogP contribution in [0.5, 0.6) is 0 Å². The van der Waals surface area contributed by atoms with Gasteiger partial charge in [0.15, 0.2) is 0 Å². The minimum Gasteiger partial charge on any atom is -0.480 e. The van der Waals surface area contributed by atoms with Crippen LogP contribution < -0.4 is 0 Å². The molecule has 18 heavy (non-hydrogen) atoms. The molecule has 0 aliphatic heterocycles. The summed E-state index contributed by atoms with van der Waals surface area (Å²) < 4.78 is 4.45. The van der Waals surface area contributed by atoms with E-state index in [1.807, 2.05) is 13.8 Å². The average Bonchev–Trinajstić information content (AvgIpc) is 2.25. The van der Waals surface area contributed by atoms with Gasteiger partial charge in [0.25, 0.3) is 0 Å². The molecule has 7 nitrogen and oxygen atoms in total. The molecule has 0 radical (unpaired) electrons. The molecule has 0 aliphatic carbocycles. The Morgan fingerprint density at radius 3 is 2.17 bits per heavy atom. The molecule has 0 saturated carbocycles. The number of rotatable bonds is 6. The van der Waals surface area contributed by atoms with E-state index in [9.17, 15) is 14.4 Å². The van der Waals surface area contributed by atoms with Gasteiger partial charge in [-0.3, -0.25) is 9.59 Å². The Morgan fingerprint density at radius 2 is 1.78 bits per heavy atom.